The summed E-state index contributed by atoms with van der Waals surface area (Å²) < 4.78 is 0. The zero-order valence-corrected chi connectivity index (χ0v) is 3.46. The van der Waals surface area contributed by atoms with E-state index in [1.807, 2.05) is 0 Å². The van der Waals surface area contributed by atoms with Crippen molar-refractivity contribution in [2.45, 2.75) is 12.5 Å². The van der Waals surface area contributed by atoms with Gasteiger partial charge in [0.25, 0.3) is 0 Å². The van der Waals surface area contributed by atoms with Crippen molar-refractivity contribution in [3.63, 3.8) is 0 Å². The predicted octanol–water partition coefficient (Wildman–Crippen LogP) is -0.559. The van der Waals surface area contributed by atoms with Crippen LogP contribution in [0.25, 0.3) is 0 Å². The SMILES string of the molecule is [CH]CC(O)CO. The maximum atomic E-state index is 8.29. The maximum absolute atomic E-state index is 8.29. The van der Waals surface area contributed by atoms with Crippen LogP contribution in [0.2, 0.25) is 0 Å². The van der Waals surface area contributed by atoms with Gasteiger partial charge in [0, 0.05) is 0 Å². The van der Waals surface area contributed by atoms with Crippen LogP contribution in [-0.2, 0) is 0 Å². The van der Waals surface area contributed by atoms with Gasteiger partial charge >= 0.3 is 0 Å². The van der Waals surface area contributed by atoms with Crippen LogP contribution in [0, 0.1) is 6.92 Å². The Morgan fingerprint density at radius 2 is 2.17 bits per heavy atom. The standard InChI is InChI=1S/C4H8O2/c1-2-4(6)3-5/h1,4-6H,2-3H2. The Bertz CT molecular complexity index is 24.7. The molecule has 36 valence electrons. The van der Waals surface area contributed by atoms with Crippen LogP contribution in [-0.4, -0.2) is 22.9 Å². The summed E-state index contributed by atoms with van der Waals surface area (Å²) in [7, 11) is 0. The highest BCUT2D eigenvalue weighted by Crippen LogP contribution is 1.82. The summed E-state index contributed by atoms with van der Waals surface area (Å²) in [6.45, 7) is 4.63. The third-order valence-corrected chi connectivity index (χ3v) is 0.483. The molecule has 0 aliphatic carbocycles. The third-order valence-electron chi connectivity index (χ3n) is 0.483. The summed E-state index contributed by atoms with van der Waals surface area (Å²) in [5, 5.41) is 16.3. The largest absolute Gasteiger partial charge is 0.394 e. The first-order valence-electron chi connectivity index (χ1n) is 1.80. The van der Waals surface area contributed by atoms with Gasteiger partial charge in [0.2, 0.25) is 0 Å². The summed E-state index contributed by atoms with van der Waals surface area (Å²) in [6.07, 6.45) is -0.596. The lowest BCUT2D eigenvalue weighted by Crippen LogP contribution is -2.08. The molecule has 0 heterocycles. The Kier molecular flexibility index (Phi) is 3.08. The van der Waals surface area contributed by atoms with Gasteiger partial charge in [-0.1, -0.05) is 0 Å². The predicted molar refractivity (Wildman–Crippen MR) is 22.0 cm³/mol. The van der Waals surface area contributed by atoms with Gasteiger partial charge in [0.15, 0.2) is 0 Å². The number of hydrogen-bond donors (Lipinski definition) is 2. The van der Waals surface area contributed by atoms with E-state index in [1.165, 1.54) is 0 Å². The van der Waals surface area contributed by atoms with Gasteiger partial charge in [-0.3, -0.25) is 0 Å². The van der Waals surface area contributed by atoms with Crippen molar-refractivity contribution < 1.29 is 10.2 Å². The lowest BCUT2D eigenvalue weighted by molar-refractivity contribution is 0.0971. The number of aliphatic hydroxyl groups is 2. The molecule has 0 saturated heterocycles. The molecule has 2 heteroatoms. The van der Waals surface area contributed by atoms with E-state index in [0.717, 1.165) is 0 Å². The minimum absolute atomic E-state index is 0.135. The highest BCUT2D eigenvalue weighted by Gasteiger charge is 1.92. The summed E-state index contributed by atoms with van der Waals surface area (Å²) >= 11 is 0. The minimum atomic E-state index is -0.731. The molecule has 0 bridgehead atoms. The fourth-order valence-electron chi connectivity index (χ4n) is 0.0745. The Balaban J connectivity index is 2.75. The molecule has 0 rings (SSSR count). The molecule has 2 nitrogen and oxygen atoms in total. The van der Waals surface area contributed by atoms with Gasteiger partial charge in [-0.15, -0.1) is 0 Å². The molecule has 0 amide bonds. The minimum Gasteiger partial charge on any atom is -0.394 e. The van der Waals surface area contributed by atoms with E-state index in [-0.39, 0.29) is 13.0 Å². The zero-order chi connectivity index (χ0) is 4.99. The monoisotopic (exact) mass is 88.1 g/mol. The van der Waals surface area contributed by atoms with Gasteiger partial charge in [-0.25, -0.2) is 0 Å². The van der Waals surface area contributed by atoms with E-state index in [9.17, 15) is 0 Å². The quantitative estimate of drug-likeness (QED) is 0.475. The lowest BCUT2D eigenvalue weighted by atomic mass is 10.3. The summed E-state index contributed by atoms with van der Waals surface area (Å²) in [4.78, 5) is 0. The van der Waals surface area contributed by atoms with E-state index in [4.69, 9.17) is 17.1 Å². The Hall–Kier alpha value is -0.0800. The summed E-state index contributed by atoms with van der Waals surface area (Å²) in [5.74, 6) is 0. The van der Waals surface area contributed by atoms with Crippen LogP contribution < -0.4 is 0 Å². The highest BCUT2D eigenvalue weighted by atomic mass is 16.3. The first-order valence-corrected chi connectivity index (χ1v) is 1.80. The Labute approximate surface area is 37.4 Å². The maximum Gasteiger partial charge on any atom is 0.0773 e. The van der Waals surface area contributed by atoms with Gasteiger partial charge in [0.1, 0.15) is 0 Å². The van der Waals surface area contributed by atoms with E-state index in [0.29, 0.717) is 0 Å². The molecule has 1 unspecified atom stereocenters. The molecule has 0 aliphatic heterocycles. The van der Waals surface area contributed by atoms with Crippen molar-refractivity contribution in [3.05, 3.63) is 6.92 Å². The van der Waals surface area contributed by atoms with E-state index >= 15 is 0 Å². The smallest absolute Gasteiger partial charge is 0.0773 e. The average molecular weight is 88.1 g/mol. The molecule has 0 aromatic carbocycles. The molecule has 0 aromatic heterocycles. The molecule has 0 spiro atoms. The van der Waals surface area contributed by atoms with Crippen molar-refractivity contribution in [1.82, 2.24) is 0 Å². The van der Waals surface area contributed by atoms with Crippen molar-refractivity contribution >= 4 is 0 Å². The van der Waals surface area contributed by atoms with Gasteiger partial charge in [-0.05, 0) is 13.3 Å². The van der Waals surface area contributed by atoms with Gasteiger partial charge in [0.05, 0.1) is 12.7 Å². The van der Waals surface area contributed by atoms with Crippen LogP contribution in [0.5, 0.6) is 0 Å². The second-order valence-electron chi connectivity index (χ2n) is 1.07. The average Bonchev–Trinajstić information content (AvgIpc) is 1.65. The number of rotatable bonds is 2. The van der Waals surface area contributed by atoms with Crippen LogP contribution in [0.1, 0.15) is 6.42 Å². The molecule has 0 saturated carbocycles. The molecule has 1 atom stereocenters. The Morgan fingerprint density at radius 3 is 2.17 bits per heavy atom. The first kappa shape index (κ1) is 5.92. The molecular formula is C4H8O2. The number of aliphatic hydroxyl groups excluding tert-OH is 2. The molecule has 2 radical (unpaired) electrons. The highest BCUT2D eigenvalue weighted by molar-refractivity contribution is 4.51. The second-order valence-corrected chi connectivity index (χ2v) is 1.07. The second kappa shape index (κ2) is 3.12. The van der Waals surface area contributed by atoms with E-state index in [2.05, 4.69) is 0 Å². The third kappa shape index (κ3) is 2.18. The molecule has 0 aromatic rings. The molecule has 0 aliphatic rings. The zero-order valence-electron chi connectivity index (χ0n) is 3.46. The summed E-state index contributed by atoms with van der Waals surface area (Å²) in [6, 6.07) is 0. The molecular weight excluding hydrogens is 80.0 g/mol. The molecule has 2 N–H and O–H groups in total. The van der Waals surface area contributed by atoms with Crippen LogP contribution in [0.15, 0.2) is 0 Å². The van der Waals surface area contributed by atoms with Crippen LogP contribution in [0.3, 0.4) is 0 Å². The van der Waals surface area contributed by atoms with Crippen molar-refractivity contribution in [1.29, 1.82) is 0 Å². The Morgan fingerprint density at radius 1 is 1.67 bits per heavy atom. The van der Waals surface area contributed by atoms with Crippen molar-refractivity contribution in [3.8, 4) is 0 Å². The fourth-order valence-corrected chi connectivity index (χ4v) is 0.0745. The van der Waals surface area contributed by atoms with Gasteiger partial charge < -0.3 is 10.2 Å². The summed E-state index contributed by atoms with van der Waals surface area (Å²) in [5.41, 5.74) is 0. The van der Waals surface area contributed by atoms with E-state index in [1.54, 1.807) is 0 Å². The van der Waals surface area contributed by atoms with Crippen molar-refractivity contribution in [2.75, 3.05) is 6.61 Å². The molecule has 6 heavy (non-hydrogen) atoms. The first-order chi connectivity index (χ1) is 2.81. The lowest BCUT2D eigenvalue weighted by Gasteiger charge is -1.97. The number of hydrogen-bond acceptors (Lipinski definition) is 2. The normalized spacial score (nSPS) is 14.5. The fraction of sp³-hybridized carbons (Fsp3) is 0.750. The van der Waals surface area contributed by atoms with E-state index < -0.39 is 6.10 Å². The molecule has 0 fully saturated rings. The van der Waals surface area contributed by atoms with Gasteiger partial charge in [-0.2, -0.15) is 0 Å². The van der Waals surface area contributed by atoms with Crippen molar-refractivity contribution in [2.24, 2.45) is 0 Å². The topological polar surface area (TPSA) is 40.5 Å². The van der Waals surface area contributed by atoms with Crippen LogP contribution >= 0.6 is 0 Å². The van der Waals surface area contributed by atoms with Crippen LogP contribution in [0.4, 0.5) is 0 Å².